The van der Waals surface area contributed by atoms with E-state index in [1.165, 1.54) is 19.2 Å². The molecule has 3 aliphatic rings. The largest absolute Gasteiger partial charge is 0.495 e. The fraction of sp³-hybridized carbons (Fsp3) is 0.318. The van der Waals surface area contributed by atoms with Crippen LogP contribution in [-0.4, -0.2) is 55.7 Å². The molecule has 2 aromatic rings. The third-order valence-electron chi connectivity index (χ3n) is 6.49. The van der Waals surface area contributed by atoms with Crippen LogP contribution < -0.4 is 19.9 Å². The van der Waals surface area contributed by atoms with Crippen molar-refractivity contribution in [1.82, 2.24) is 5.32 Å². The maximum absolute atomic E-state index is 14.0. The topological polar surface area (TPSA) is 131 Å². The Morgan fingerprint density at radius 3 is 2.73 bits per heavy atom. The van der Waals surface area contributed by atoms with E-state index >= 15 is 0 Å². The number of nitrogens with zero attached hydrogens (tertiary/aromatic N) is 3. The first-order valence-electron chi connectivity index (χ1n) is 10.3. The van der Waals surface area contributed by atoms with Crippen molar-refractivity contribution < 1.29 is 28.8 Å². The molecule has 2 aromatic carbocycles. The quantitative estimate of drug-likeness (QED) is 0.422. The van der Waals surface area contributed by atoms with Gasteiger partial charge in [-0.15, -0.1) is 0 Å². The minimum atomic E-state index is -1.72. The van der Waals surface area contributed by atoms with Crippen LogP contribution >= 0.6 is 0 Å². The second kappa shape index (κ2) is 7.55. The zero-order valence-electron chi connectivity index (χ0n) is 17.6. The summed E-state index contributed by atoms with van der Waals surface area (Å²) in [5, 5.41) is 13.7. The number of amides is 4. The summed E-state index contributed by atoms with van der Waals surface area (Å²) in [5.41, 5.74) is -0.474. The molecule has 2 saturated heterocycles. The van der Waals surface area contributed by atoms with Crippen molar-refractivity contribution in [2.75, 3.05) is 36.7 Å². The Kier molecular flexibility index (Phi) is 4.78. The van der Waals surface area contributed by atoms with E-state index < -0.39 is 34.2 Å². The molecule has 11 heteroatoms. The van der Waals surface area contributed by atoms with Gasteiger partial charge in [-0.1, -0.05) is 12.1 Å². The Hall–Kier alpha value is -3.99. The van der Waals surface area contributed by atoms with Gasteiger partial charge in [0.15, 0.2) is 5.41 Å². The number of morpholine rings is 1. The van der Waals surface area contributed by atoms with Crippen LogP contribution in [0.3, 0.4) is 0 Å². The van der Waals surface area contributed by atoms with Gasteiger partial charge in [0.25, 0.3) is 11.6 Å². The Labute approximate surface area is 188 Å². The molecule has 170 valence electrons. The highest BCUT2D eigenvalue weighted by Gasteiger charge is 2.63. The molecular weight excluding hydrogens is 432 g/mol. The van der Waals surface area contributed by atoms with Gasteiger partial charge in [-0.05, 0) is 23.8 Å². The van der Waals surface area contributed by atoms with E-state index in [1.807, 2.05) is 4.90 Å². The molecule has 4 amide bonds. The minimum absolute atomic E-state index is 0.0868. The fourth-order valence-electron chi connectivity index (χ4n) is 4.96. The van der Waals surface area contributed by atoms with Crippen molar-refractivity contribution in [2.45, 2.75) is 12.5 Å². The lowest BCUT2D eigenvalue weighted by atomic mass is 9.68. The van der Waals surface area contributed by atoms with E-state index in [9.17, 15) is 24.5 Å². The second-order valence-corrected chi connectivity index (χ2v) is 8.07. The number of hydrogen-bond acceptors (Lipinski definition) is 8. The molecule has 33 heavy (non-hydrogen) atoms. The highest BCUT2D eigenvalue weighted by molar-refractivity contribution is 6.31. The molecule has 0 aliphatic carbocycles. The summed E-state index contributed by atoms with van der Waals surface area (Å²) in [5.74, 6) is -1.19. The molecule has 1 N–H and O–H groups in total. The summed E-state index contributed by atoms with van der Waals surface area (Å²) >= 11 is 0. The van der Waals surface area contributed by atoms with Crippen molar-refractivity contribution in [1.29, 1.82) is 0 Å². The summed E-state index contributed by atoms with van der Waals surface area (Å²) in [6, 6.07) is 9.34. The molecule has 0 unspecified atom stereocenters. The van der Waals surface area contributed by atoms with Crippen molar-refractivity contribution in [2.24, 2.45) is 5.41 Å². The number of ether oxygens (including phenoxy) is 2. The number of anilines is 2. The standard InChI is InChI=1S/C22H20N4O7/c1-32-17-5-3-2-4-16(17)25-20(28)22(19(27)23-21(25)29)11-13-10-14(26(30)31)6-7-15(13)24-8-9-33-12-18(22)24/h2-7,10,18H,8-9,11-12H2,1H3,(H,23,27,29)/t18-,22-/m1/s1. The number of barbiturate groups is 1. The first kappa shape index (κ1) is 20.9. The maximum Gasteiger partial charge on any atom is 0.335 e. The number of para-hydroxylation sites is 2. The van der Waals surface area contributed by atoms with Crippen LogP contribution in [0.5, 0.6) is 5.75 Å². The molecule has 3 aliphatic heterocycles. The van der Waals surface area contributed by atoms with Gasteiger partial charge in [0.2, 0.25) is 5.91 Å². The SMILES string of the molecule is COc1ccccc1N1C(=O)NC(=O)[C@]2(Cc3cc([N+](=O)[O-])ccc3N3CCOC[C@@H]32)C1=O. The lowest BCUT2D eigenvalue weighted by Gasteiger charge is -2.53. The average molecular weight is 452 g/mol. The fourth-order valence-corrected chi connectivity index (χ4v) is 4.96. The lowest BCUT2D eigenvalue weighted by Crippen LogP contribution is -2.74. The second-order valence-electron chi connectivity index (χ2n) is 8.07. The Bertz CT molecular complexity index is 1200. The van der Waals surface area contributed by atoms with Crippen LogP contribution in [0.2, 0.25) is 0 Å². The number of carbonyl (C=O) groups excluding carboxylic acids is 3. The van der Waals surface area contributed by atoms with E-state index in [4.69, 9.17) is 9.47 Å². The van der Waals surface area contributed by atoms with Crippen LogP contribution in [0.25, 0.3) is 0 Å². The number of urea groups is 1. The third-order valence-corrected chi connectivity index (χ3v) is 6.49. The number of fused-ring (bicyclic) bond motifs is 4. The number of carbonyl (C=O) groups is 3. The van der Waals surface area contributed by atoms with E-state index in [0.717, 1.165) is 4.90 Å². The van der Waals surface area contributed by atoms with Crippen molar-refractivity contribution in [3.8, 4) is 5.75 Å². The van der Waals surface area contributed by atoms with Gasteiger partial charge in [0, 0.05) is 30.8 Å². The molecule has 11 nitrogen and oxygen atoms in total. The van der Waals surface area contributed by atoms with E-state index in [0.29, 0.717) is 24.4 Å². The highest BCUT2D eigenvalue weighted by atomic mass is 16.6. The number of hydrogen-bond donors (Lipinski definition) is 1. The number of imide groups is 2. The lowest BCUT2D eigenvalue weighted by molar-refractivity contribution is -0.384. The van der Waals surface area contributed by atoms with Crippen molar-refractivity contribution in [3.63, 3.8) is 0 Å². The van der Waals surface area contributed by atoms with Gasteiger partial charge >= 0.3 is 6.03 Å². The molecule has 0 bridgehead atoms. The Morgan fingerprint density at radius 2 is 1.97 bits per heavy atom. The van der Waals surface area contributed by atoms with E-state index in [2.05, 4.69) is 5.32 Å². The molecule has 2 fully saturated rings. The number of methoxy groups -OCH3 is 1. The predicted octanol–water partition coefficient (Wildman–Crippen LogP) is 1.63. The summed E-state index contributed by atoms with van der Waals surface area (Å²) in [6.45, 7) is 0.845. The number of benzene rings is 2. The summed E-state index contributed by atoms with van der Waals surface area (Å²) in [7, 11) is 1.42. The van der Waals surface area contributed by atoms with Crippen LogP contribution in [-0.2, 0) is 20.7 Å². The minimum Gasteiger partial charge on any atom is -0.495 e. The number of rotatable bonds is 3. The van der Waals surface area contributed by atoms with Gasteiger partial charge in [-0.3, -0.25) is 25.0 Å². The molecule has 3 heterocycles. The monoisotopic (exact) mass is 452 g/mol. The maximum atomic E-state index is 14.0. The smallest absolute Gasteiger partial charge is 0.335 e. The molecule has 1 spiro atoms. The zero-order chi connectivity index (χ0) is 23.3. The summed E-state index contributed by atoms with van der Waals surface area (Å²) < 4.78 is 11.0. The van der Waals surface area contributed by atoms with Crippen molar-refractivity contribution >= 4 is 34.9 Å². The Morgan fingerprint density at radius 1 is 1.18 bits per heavy atom. The highest BCUT2D eigenvalue weighted by Crippen LogP contribution is 2.47. The first-order chi connectivity index (χ1) is 15.9. The molecular formula is C22H20N4O7. The van der Waals surface area contributed by atoms with Gasteiger partial charge in [0.05, 0.1) is 37.0 Å². The van der Waals surface area contributed by atoms with Gasteiger partial charge in [-0.2, -0.15) is 0 Å². The predicted molar refractivity (Wildman–Crippen MR) is 115 cm³/mol. The number of nitro groups is 1. The Balaban J connectivity index is 1.68. The molecule has 0 radical (unpaired) electrons. The molecule has 2 atom stereocenters. The van der Waals surface area contributed by atoms with E-state index in [1.54, 1.807) is 30.3 Å². The van der Waals surface area contributed by atoms with E-state index in [-0.39, 0.29) is 30.2 Å². The van der Waals surface area contributed by atoms with Gasteiger partial charge in [0.1, 0.15) is 5.75 Å². The summed E-state index contributed by atoms with van der Waals surface area (Å²) in [6.07, 6.45) is -0.113. The third kappa shape index (κ3) is 2.96. The molecule has 5 rings (SSSR count). The van der Waals surface area contributed by atoms with Gasteiger partial charge in [-0.25, -0.2) is 9.69 Å². The molecule has 0 saturated carbocycles. The number of nitrogens with one attached hydrogen (secondary N) is 1. The van der Waals surface area contributed by atoms with Crippen LogP contribution in [0, 0.1) is 15.5 Å². The zero-order valence-corrected chi connectivity index (χ0v) is 17.6. The van der Waals surface area contributed by atoms with Crippen LogP contribution in [0.4, 0.5) is 21.9 Å². The van der Waals surface area contributed by atoms with Crippen LogP contribution in [0.1, 0.15) is 5.56 Å². The molecule has 0 aromatic heterocycles. The van der Waals surface area contributed by atoms with Gasteiger partial charge < -0.3 is 14.4 Å². The van der Waals surface area contributed by atoms with Crippen LogP contribution in [0.15, 0.2) is 42.5 Å². The number of nitro benzene ring substituents is 1. The first-order valence-corrected chi connectivity index (χ1v) is 10.3. The summed E-state index contributed by atoms with van der Waals surface area (Å²) in [4.78, 5) is 53.9. The van der Waals surface area contributed by atoms with Crippen molar-refractivity contribution in [3.05, 3.63) is 58.1 Å². The average Bonchev–Trinajstić information content (AvgIpc) is 2.82. The normalized spacial score (nSPS) is 24.3. The number of non-ortho nitro benzene ring substituents is 1.